The van der Waals surface area contributed by atoms with Crippen LogP contribution in [0.3, 0.4) is 0 Å². The third-order valence-electron chi connectivity index (χ3n) is 3.85. The molecule has 3 rings (SSSR count). The van der Waals surface area contributed by atoms with Crippen LogP contribution in [-0.4, -0.2) is 15.0 Å². The van der Waals surface area contributed by atoms with Crippen LogP contribution in [0.4, 0.5) is 5.69 Å². The third-order valence-corrected chi connectivity index (χ3v) is 4.03. The molecule has 3 aromatic rings. The molecule has 0 aliphatic heterocycles. The fourth-order valence-electron chi connectivity index (χ4n) is 2.57. The summed E-state index contributed by atoms with van der Waals surface area (Å²) < 4.78 is 0. The predicted octanol–water partition coefficient (Wildman–Crippen LogP) is 4.48. The second-order valence-electron chi connectivity index (χ2n) is 5.78. The fourth-order valence-corrected chi connectivity index (χ4v) is 2.74. The average molecular weight is 339 g/mol. The molecule has 1 atom stereocenters. The summed E-state index contributed by atoms with van der Waals surface area (Å²) in [5.41, 5.74) is 4.42. The van der Waals surface area contributed by atoms with E-state index in [1.807, 2.05) is 12.3 Å². The molecule has 1 N–H and O–H groups in total. The van der Waals surface area contributed by atoms with E-state index in [0.29, 0.717) is 11.1 Å². The summed E-state index contributed by atoms with van der Waals surface area (Å²) in [6, 6.07) is 12.5. The van der Waals surface area contributed by atoms with E-state index >= 15 is 0 Å². The Kier molecular flexibility index (Phi) is 5.39. The molecule has 0 bridgehead atoms. The van der Waals surface area contributed by atoms with Crippen molar-refractivity contribution < 1.29 is 0 Å². The highest BCUT2D eigenvalue weighted by Gasteiger charge is 2.09. The van der Waals surface area contributed by atoms with Gasteiger partial charge in [-0.2, -0.15) is 0 Å². The summed E-state index contributed by atoms with van der Waals surface area (Å²) in [6.45, 7) is 2.94. The van der Waals surface area contributed by atoms with E-state index in [4.69, 9.17) is 11.6 Å². The van der Waals surface area contributed by atoms with Crippen LogP contribution in [0.15, 0.2) is 61.2 Å². The van der Waals surface area contributed by atoms with Crippen molar-refractivity contribution in [3.8, 4) is 0 Å². The lowest BCUT2D eigenvalue weighted by molar-refractivity contribution is 0.736. The first-order chi connectivity index (χ1) is 11.7. The number of benzene rings is 1. The third kappa shape index (κ3) is 4.52. The Morgan fingerprint density at radius 1 is 1.08 bits per heavy atom. The van der Waals surface area contributed by atoms with Crippen molar-refractivity contribution >= 4 is 17.3 Å². The van der Waals surface area contributed by atoms with Crippen molar-refractivity contribution in [3.05, 3.63) is 83.2 Å². The molecule has 0 unspecified atom stereocenters. The molecule has 0 fully saturated rings. The monoisotopic (exact) mass is 338 g/mol. The maximum absolute atomic E-state index is 5.91. The average Bonchev–Trinajstić information content (AvgIpc) is 2.61. The summed E-state index contributed by atoms with van der Waals surface area (Å²) in [4.78, 5) is 12.5. The van der Waals surface area contributed by atoms with Crippen molar-refractivity contribution in [2.45, 2.75) is 25.8 Å². The molecule has 0 radical (unpaired) electrons. The van der Waals surface area contributed by atoms with Crippen LogP contribution in [0, 0.1) is 0 Å². The van der Waals surface area contributed by atoms with Gasteiger partial charge in [0.05, 0.1) is 11.9 Å². The summed E-state index contributed by atoms with van der Waals surface area (Å²) in [5, 5.41) is 3.88. The van der Waals surface area contributed by atoms with Crippen molar-refractivity contribution in [2.75, 3.05) is 5.32 Å². The Balaban J connectivity index is 1.65. The van der Waals surface area contributed by atoms with Crippen LogP contribution in [0.2, 0.25) is 5.15 Å². The van der Waals surface area contributed by atoms with Crippen molar-refractivity contribution in [3.63, 3.8) is 0 Å². The van der Waals surface area contributed by atoms with Gasteiger partial charge in [0.25, 0.3) is 0 Å². The van der Waals surface area contributed by atoms with Gasteiger partial charge in [-0.3, -0.25) is 9.97 Å². The number of hydrogen-bond acceptors (Lipinski definition) is 4. The van der Waals surface area contributed by atoms with Crippen molar-refractivity contribution in [1.82, 2.24) is 15.0 Å². The van der Waals surface area contributed by atoms with Gasteiger partial charge in [-0.1, -0.05) is 36.7 Å². The standard InChI is InChI=1S/C19H19ClN4/c1-14(8-18-12-22-13-19(20)24-18)16-5-2-6-17(9-16)23-11-15-4-3-7-21-10-15/h2-7,9-10,12-14,23H,8,11H2,1H3/t14-/m1/s1. The smallest absolute Gasteiger partial charge is 0.147 e. The van der Waals surface area contributed by atoms with Gasteiger partial charge in [-0.25, -0.2) is 4.98 Å². The Labute approximate surface area is 147 Å². The number of rotatable bonds is 6. The van der Waals surface area contributed by atoms with Crippen LogP contribution in [-0.2, 0) is 13.0 Å². The van der Waals surface area contributed by atoms with Gasteiger partial charge in [-0.05, 0) is 41.7 Å². The number of halogens is 1. The summed E-state index contributed by atoms with van der Waals surface area (Å²) in [7, 11) is 0. The second kappa shape index (κ2) is 7.88. The number of aromatic nitrogens is 3. The highest BCUT2D eigenvalue weighted by Crippen LogP contribution is 2.23. The SMILES string of the molecule is C[C@H](Cc1cncc(Cl)n1)c1cccc(NCc2cccnc2)c1. The Morgan fingerprint density at radius 2 is 2.00 bits per heavy atom. The highest BCUT2D eigenvalue weighted by atomic mass is 35.5. The molecule has 1 aromatic carbocycles. The van der Waals surface area contributed by atoms with Crippen LogP contribution in [0.1, 0.15) is 29.7 Å². The quantitative estimate of drug-likeness (QED) is 0.719. The molecular formula is C19H19ClN4. The maximum atomic E-state index is 5.91. The number of anilines is 1. The van der Waals surface area contributed by atoms with Gasteiger partial charge in [0.1, 0.15) is 5.15 Å². The number of nitrogens with zero attached hydrogens (tertiary/aromatic N) is 3. The molecule has 4 nitrogen and oxygen atoms in total. The van der Waals surface area contributed by atoms with Gasteiger partial charge < -0.3 is 5.32 Å². The minimum absolute atomic E-state index is 0.331. The van der Waals surface area contributed by atoms with E-state index in [-0.39, 0.29) is 0 Å². The fraction of sp³-hybridized carbons (Fsp3) is 0.211. The maximum Gasteiger partial charge on any atom is 0.147 e. The minimum atomic E-state index is 0.331. The van der Waals surface area contributed by atoms with E-state index in [9.17, 15) is 0 Å². The van der Waals surface area contributed by atoms with Crippen molar-refractivity contribution in [2.24, 2.45) is 0 Å². The molecule has 0 aliphatic carbocycles. The predicted molar refractivity (Wildman–Crippen MR) is 97.2 cm³/mol. The number of nitrogens with one attached hydrogen (secondary N) is 1. The molecule has 0 saturated carbocycles. The van der Waals surface area contributed by atoms with Crippen LogP contribution in [0.25, 0.3) is 0 Å². The number of hydrogen-bond donors (Lipinski definition) is 1. The molecule has 122 valence electrons. The molecule has 5 heteroatoms. The summed E-state index contributed by atoms with van der Waals surface area (Å²) in [6.07, 6.45) is 7.78. The second-order valence-corrected chi connectivity index (χ2v) is 6.17. The lowest BCUT2D eigenvalue weighted by Crippen LogP contribution is -2.03. The normalized spacial score (nSPS) is 11.9. The van der Waals surface area contributed by atoms with Crippen LogP contribution >= 0.6 is 11.6 Å². The van der Waals surface area contributed by atoms with E-state index in [1.165, 1.54) is 5.56 Å². The van der Waals surface area contributed by atoms with Crippen LogP contribution < -0.4 is 5.32 Å². The zero-order chi connectivity index (χ0) is 16.8. The zero-order valence-electron chi connectivity index (χ0n) is 13.5. The Bertz CT molecular complexity index is 792. The largest absolute Gasteiger partial charge is 0.381 e. The molecule has 0 aliphatic rings. The highest BCUT2D eigenvalue weighted by molar-refractivity contribution is 6.29. The molecular weight excluding hydrogens is 320 g/mol. The molecule has 24 heavy (non-hydrogen) atoms. The molecule has 0 saturated heterocycles. The van der Waals surface area contributed by atoms with E-state index in [0.717, 1.165) is 29.9 Å². The van der Waals surface area contributed by atoms with Gasteiger partial charge in [0.15, 0.2) is 0 Å². The van der Waals surface area contributed by atoms with Crippen LogP contribution in [0.5, 0.6) is 0 Å². The molecule has 2 heterocycles. The van der Waals surface area contributed by atoms with Gasteiger partial charge in [0.2, 0.25) is 0 Å². The first-order valence-corrected chi connectivity index (χ1v) is 8.27. The number of pyridine rings is 1. The Morgan fingerprint density at radius 3 is 2.79 bits per heavy atom. The van der Waals surface area contributed by atoms with E-state index in [1.54, 1.807) is 18.6 Å². The topological polar surface area (TPSA) is 50.7 Å². The Hall–Kier alpha value is -2.46. The van der Waals surface area contributed by atoms with Gasteiger partial charge in [-0.15, -0.1) is 0 Å². The lowest BCUT2D eigenvalue weighted by Gasteiger charge is -2.14. The van der Waals surface area contributed by atoms with E-state index < -0.39 is 0 Å². The first kappa shape index (κ1) is 16.4. The van der Waals surface area contributed by atoms with Crippen molar-refractivity contribution in [1.29, 1.82) is 0 Å². The van der Waals surface area contributed by atoms with E-state index in [2.05, 4.69) is 57.5 Å². The molecule has 2 aromatic heterocycles. The summed E-state index contributed by atoms with van der Waals surface area (Å²) in [5.74, 6) is 0.331. The minimum Gasteiger partial charge on any atom is -0.381 e. The lowest BCUT2D eigenvalue weighted by atomic mass is 9.96. The zero-order valence-corrected chi connectivity index (χ0v) is 14.2. The summed E-state index contributed by atoms with van der Waals surface area (Å²) >= 11 is 5.91. The molecule has 0 amide bonds. The van der Waals surface area contributed by atoms with Gasteiger partial charge in [0, 0.05) is 30.8 Å². The first-order valence-electron chi connectivity index (χ1n) is 7.90. The molecule has 0 spiro atoms. The van der Waals surface area contributed by atoms with Gasteiger partial charge >= 0.3 is 0 Å².